The van der Waals surface area contributed by atoms with Crippen molar-refractivity contribution in [2.75, 3.05) is 6.54 Å². The maximum Gasteiger partial charge on any atom is 0.269 e. The van der Waals surface area contributed by atoms with Gasteiger partial charge in [0.15, 0.2) is 0 Å². The molecule has 1 saturated heterocycles. The monoisotopic (exact) mass is 291 g/mol. The van der Waals surface area contributed by atoms with Gasteiger partial charge in [-0.15, -0.1) is 0 Å². The van der Waals surface area contributed by atoms with Crippen molar-refractivity contribution in [1.82, 2.24) is 10.6 Å². The largest absolute Gasteiger partial charge is 0.350 e. The summed E-state index contributed by atoms with van der Waals surface area (Å²) >= 11 is 0. The molecule has 2 rings (SSSR count). The fourth-order valence-electron chi connectivity index (χ4n) is 2.84. The molecule has 0 saturated carbocycles. The molecule has 0 spiro atoms. The fraction of sp³-hybridized carbons (Fsp3) is 0.533. The minimum atomic E-state index is -0.435. The number of rotatable bonds is 6. The summed E-state index contributed by atoms with van der Waals surface area (Å²) in [6, 6.07) is 6.26. The molecule has 1 amide bonds. The lowest BCUT2D eigenvalue weighted by Crippen LogP contribution is -2.53. The summed E-state index contributed by atoms with van der Waals surface area (Å²) in [7, 11) is 0. The Bertz CT molecular complexity index is 507. The summed E-state index contributed by atoms with van der Waals surface area (Å²) in [4.78, 5) is 22.6. The lowest BCUT2D eigenvalue weighted by Gasteiger charge is -2.27. The van der Waals surface area contributed by atoms with Crippen LogP contribution in [0.5, 0.6) is 0 Å². The Balaban J connectivity index is 1.95. The number of nitro benzene ring substituents is 1. The van der Waals surface area contributed by atoms with Gasteiger partial charge in [0.1, 0.15) is 0 Å². The van der Waals surface area contributed by atoms with Crippen LogP contribution in [0.2, 0.25) is 0 Å². The summed E-state index contributed by atoms with van der Waals surface area (Å²) in [5.41, 5.74) is 0.485. The zero-order valence-electron chi connectivity index (χ0n) is 12.2. The fourth-order valence-corrected chi connectivity index (χ4v) is 2.84. The maximum absolute atomic E-state index is 12.4. The van der Waals surface area contributed by atoms with E-state index in [0.717, 1.165) is 37.8 Å². The molecule has 0 radical (unpaired) electrons. The maximum atomic E-state index is 12.4. The van der Waals surface area contributed by atoms with Crippen molar-refractivity contribution >= 4 is 11.6 Å². The van der Waals surface area contributed by atoms with Crippen molar-refractivity contribution in [1.29, 1.82) is 0 Å². The summed E-state index contributed by atoms with van der Waals surface area (Å²) in [6.45, 7) is 3.35. The van der Waals surface area contributed by atoms with Crippen LogP contribution in [0.3, 0.4) is 0 Å². The minimum absolute atomic E-state index is 0.0280. The van der Waals surface area contributed by atoms with Gasteiger partial charge >= 0.3 is 0 Å². The molecule has 1 aromatic carbocycles. The molecule has 1 unspecified atom stereocenters. The van der Waals surface area contributed by atoms with E-state index in [4.69, 9.17) is 0 Å². The van der Waals surface area contributed by atoms with Gasteiger partial charge in [0.2, 0.25) is 5.91 Å². The number of carbonyl (C=O) groups is 1. The summed E-state index contributed by atoms with van der Waals surface area (Å²) in [5.74, 6) is 0.0280. The first-order valence-corrected chi connectivity index (χ1v) is 7.34. The van der Waals surface area contributed by atoms with Gasteiger partial charge in [-0.2, -0.15) is 0 Å². The van der Waals surface area contributed by atoms with Crippen molar-refractivity contribution in [2.24, 2.45) is 0 Å². The average molecular weight is 291 g/mol. The molecule has 1 heterocycles. The van der Waals surface area contributed by atoms with Crippen molar-refractivity contribution in [3.8, 4) is 0 Å². The predicted octanol–water partition coefficient (Wildman–Crippen LogP) is 2.13. The highest BCUT2D eigenvalue weighted by atomic mass is 16.6. The third-order valence-electron chi connectivity index (χ3n) is 3.96. The van der Waals surface area contributed by atoms with Crippen molar-refractivity contribution in [3.63, 3.8) is 0 Å². The van der Waals surface area contributed by atoms with Gasteiger partial charge in [-0.05, 0) is 31.4 Å². The van der Waals surface area contributed by atoms with Crippen LogP contribution in [0.25, 0.3) is 0 Å². The molecule has 0 aromatic heterocycles. The zero-order valence-corrected chi connectivity index (χ0v) is 12.2. The van der Waals surface area contributed by atoms with E-state index < -0.39 is 10.5 Å². The summed E-state index contributed by atoms with van der Waals surface area (Å²) in [6.07, 6.45) is 3.68. The molecule has 0 aliphatic carbocycles. The van der Waals surface area contributed by atoms with Gasteiger partial charge < -0.3 is 10.6 Å². The number of benzene rings is 1. The van der Waals surface area contributed by atoms with Crippen LogP contribution in [-0.2, 0) is 11.3 Å². The molecule has 1 aliphatic rings. The Hall–Kier alpha value is -1.95. The second-order valence-corrected chi connectivity index (χ2v) is 5.47. The van der Waals surface area contributed by atoms with Crippen molar-refractivity contribution in [2.45, 2.75) is 44.7 Å². The quantitative estimate of drug-likeness (QED) is 0.621. The normalized spacial score (nSPS) is 21.2. The van der Waals surface area contributed by atoms with Gasteiger partial charge in [-0.3, -0.25) is 14.9 Å². The summed E-state index contributed by atoms with van der Waals surface area (Å²) in [5, 5.41) is 16.9. The van der Waals surface area contributed by atoms with Crippen LogP contribution < -0.4 is 10.6 Å². The molecule has 6 heteroatoms. The van der Waals surface area contributed by atoms with E-state index in [0.29, 0.717) is 6.54 Å². The Morgan fingerprint density at radius 2 is 2.14 bits per heavy atom. The molecule has 1 fully saturated rings. The van der Waals surface area contributed by atoms with Crippen LogP contribution in [0.4, 0.5) is 5.69 Å². The molecule has 1 aromatic rings. The SMILES string of the molecule is CCCC1(C(=O)NCc2ccc([N+](=O)[O-])cc2)CCCN1. The number of hydrogen-bond donors (Lipinski definition) is 2. The minimum Gasteiger partial charge on any atom is -0.350 e. The van der Waals surface area contributed by atoms with E-state index in [1.165, 1.54) is 12.1 Å². The average Bonchev–Trinajstić information content (AvgIpc) is 2.95. The highest BCUT2D eigenvalue weighted by molar-refractivity contribution is 5.86. The van der Waals surface area contributed by atoms with Crippen LogP contribution in [0, 0.1) is 10.1 Å². The number of nitro groups is 1. The lowest BCUT2D eigenvalue weighted by molar-refractivity contribution is -0.384. The topological polar surface area (TPSA) is 84.3 Å². The number of non-ortho nitro benzene ring substituents is 1. The van der Waals surface area contributed by atoms with Crippen LogP contribution in [0.1, 0.15) is 38.2 Å². The highest BCUT2D eigenvalue weighted by Gasteiger charge is 2.39. The lowest BCUT2D eigenvalue weighted by atomic mass is 9.91. The highest BCUT2D eigenvalue weighted by Crippen LogP contribution is 2.25. The molecule has 114 valence electrons. The van der Waals surface area contributed by atoms with E-state index in [9.17, 15) is 14.9 Å². The van der Waals surface area contributed by atoms with Crippen molar-refractivity contribution < 1.29 is 9.72 Å². The van der Waals surface area contributed by atoms with Gasteiger partial charge in [0.25, 0.3) is 5.69 Å². The van der Waals surface area contributed by atoms with Gasteiger partial charge in [-0.25, -0.2) is 0 Å². The third kappa shape index (κ3) is 3.58. The Kier molecular flexibility index (Phi) is 4.90. The third-order valence-corrected chi connectivity index (χ3v) is 3.96. The Morgan fingerprint density at radius 1 is 1.43 bits per heavy atom. The molecule has 6 nitrogen and oxygen atoms in total. The standard InChI is InChI=1S/C15H21N3O3/c1-2-8-15(9-3-10-17-15)14(19)16-11-12-4-6-13(7-5-12)18(20)21/h4-7,17H,2-3,8-11H2,1H3,(H,16,19). The molecule has 0 bridgehead atoms. The number of amides is 1. The van der Waals surface area contributed by atoms with E-state index in [2.05, 4.69) is 17.6 Å². The van der Waals surface area contributed by atoms with Crippen molar-refractivity contribution in [3.05, 3.63) is 39.9 Å². The second kappa shape index (κ2) is 6.67. The molecular weight excluding hydrogens is 270 g/mol. The smallest absolute Gasteiger partial charge is 0.269 e. The van der Waals surface area contributed by atoms with Crippen LogP contribution in [0.15, 0.2) is 24.3 Å². The molecular formula is C15H21N3O3. The first-order valence-electron chi connectivity index (χ1n) is 7.34. The Labute approximate surface area is 124 Å². The number of nitrogens with zero attached hydrogens (tertiary/aromatic N) is 1. The van der Waals surface area contributed by atoms with Crippen LogP contribution >= 0.6 is 0 Å². The zero-order chi connectivity index (χ0) is 15.3. The van der Waals surface area contributed by atoms with Gasteiger partial charge in [0, 0.05) is 18.7 Å². The number of hydrogen-bond acceptors (Lipinski definition) is 4. The predicted molar refractivity (Wildman–Crippen MR) is 79.8 cm³/mol. The molecule has 1 atom stereocenters. The molecule has 2 N–H and O–H groups in total. The van der Waals surface area contributed by atoms with Gasteiger partial charge in [-0.1, -0.05) is 25.5 Å². The first kappa shape index (κ1) is 15.4. The number of nitrogens with one attached hydrogen (secondary N) is 2. The molecule has 21 heavy (non-hydrogen) atoms. The van der Waals surface area contributed by atoms with E-state index in [-0.39, 0.29) is 11.6 Å². The second-order valence-electron chi connectivity index (χ2n) is 5.47. The first-order chi connectivity index (χ1) is 10.1. The number of carbonyl (C=O) groups excluding carboxylic acids is 1. The van der Waals surface area contributed by atoms with E-state index in [1.807, 2.05) is 0 Å². The Morgan fingerprint density at radius 3 is 2.67 bits per heavy atom. The summed E-state index contributed by atoms with van der Waals surface area (Å²) < 4.78 is 0. The molecule has 1 aliphatic heterocycles. The van der Waals surface area contributed by atoms with E-state index in [1.54, 1.807) is 12.1 Å². The van der Waals surface area contributed by atoms with Crippen LogP contribution in [-0.4, -0.2) is 22.9 Å². The van der Waals surface area contributed by atoms with E-state index >= 15 is 0 Å². The van der Waals surface area contributed by atoms with Gasteiger partial charge in [0.05, 0.1) is 10.5 Å².